The molecule has 1 amide bonds. The highest BCUT2D eigenvalue weighted by molar-refractivity contribution is 9.09. The number of ether oxygens (including phenoxy) is 1. The molecule has 2 rings (SSSR count). The van der Waals surface area contributed by atoms with Crippen molar-refractivity contribution >= 4 is 21.8 Å². The van der Waals surface area contributed by atoms with Gasteiger partial charge in [0.25, 0.3) is 5.91 Å². The molecule has 1 saturated heterocycles. The quantitative estimate of drug-likeness (QED) is 0.788. The van der Waals surface area contributed by atoms with E-state index in [-0.39, 0.29) is 12.0 Å². The van der Waals surface area contributed by atoms with E-state index in [1.165, 1.54) is 0 Å². The van der Waals surface area contributed by atoms with Gasteiger partial charge < -0.3 is 9.64 Å². The third kappa shape index (κ3) is 2.75. The Hall–Kier alpha value is -0.880. The molecule has 0 N–H and O–H groups in total. The summed E-state index contributed by atoms with van der Waals surface area (Å²) in [5, 5.41) is 5.07. The van der Waals surface area contributed by atoms with Crippen LogP contribution in [-0.4, -0.2) is 51.7 Å². The lowest BCUT2D eigenvalue weighted by Crippen LogP contribution is -2.46. The summed E-state index contributed by atoms with van der Waals surface area (Å²) in [5.41, 5.74) is 1.60. The number of halogens is 1. The van der Waals surface area contributed by atoms with Gasteiger partial charge in [-0.2, -0.15) is 5.10 Å². The van der Waals surface area contributed by atoms with E-state index in [0.29, 0.717) is 25.4 Å². The summed E-state index contributed by atoms with van der Waals surface area (Å²) in [6.07, 6.45) is 0.926. The monoisotopic (exact) mass is 315 g/mol. The minimum atomic E-state index is 0.0407. The van der Waals surface area contributed by atoms with Gasteiger partial charge in [0.15, 0.2) is 0 Å². The summed E-state index contributed by atoms with van der Waals surface area (Å²) in [6, 6.07) is 1.88. The summed E-state index contributed by atoms with van der Waals surface area (Å²) >= 11 is 3.39. The Bertz CT molecular complexity index is 433. The Morgan fingerprint density at radius 3 is 3.06 bits per heavy atom. The van der Waals surface area contributed by atoms with E-state index in [1.807, 2.05) is 24.9 Å². The van der Waals surface area contributed by atoms with Crippen molar-refractivity contribution in [1.82, 2.24) is 14.7 Å². The molecule has 0 saturated carbocycles. The third-order valence-corrected chi connectivity index (χ3v) is 3.83. The lowest BCUT2D eigenvalue weighted by Gasteiger charge is -2.32. The van der Waals surface area contributed by atoms with Crippen molar-refractivity contribution in [3.63, 3.8) is 0 Å². The number of hydrogen-bond donors (Lipinski definition) is 0. The first-order valence-electron chi connectivity index (χ1n) is 6.15. The Morgan fingerprint density at radius 2 is 2.44 bits per heavy atom. The average Bonchev–Trinajstić information content (AvgIpc) is 2.79. The van der Waals surface area contributed by atoms with Gasteiger partial charge in [-0.25, -0.2) is 0 Å². The molecule has 1 aromatic heterocycles. The fraction of sp³-hybridized carbons (Fsp3) is 0.667. The normalized spacial score (nSPS) is 20.2. The van der Waals surface area contributed by atoms with E-state index in [0.717, 1.165) is 17.4 Å². The number of morpholine rings is 1. The lowest BCUT2D eigenvalue weighted by atomic mass is 10.2. The van der Waals surface area contributed by atoms with E-state index in [9.17, 15) is 4.79 Å². The van der Waals surface area contributed by atoms with Crippen LogP contribution in [0.5, 0.6) is 0 Å². The van der Waals surface area contributed by atoms with Crippen LogP contribution < -0.4 is 0 Å². The van der Waals surface area contributed by atoms with E-state index in [4.69, 9.17) is 4.74 Å². The van der Waals surface area contributed by atoms with Crippen molar-refractivity contribution in [1.29, 1.82) is 0 Å². The molecule has 1 aliphatic heterocycles. The van der Waals surface area contributed by atoms with Crippen LogP contribution in [0.3, 0.4) is 0 Å². The Kier molecular flexibility index (Phi) is 4.40. The summed E-state index contributed by atoms with van der Waals surface area (Å²) in [4.78, 5) is 14.2. The topological polar surface area (TPSA) is 47.4 Å². The molecule has 1 fully saturated rings. The SMILES string of the molecule is CCc1cc(C(=O)N2CCOC(CBr)C2)n(C)n1. The van der Waals surface area contributed by atoms with Crippen LogP contribution in [0.15, 0.2) is 6.07 Å². The number of carbonyl (C=O) groups is 1. The zero-order valence-corrected chi connectivity index (χ0v) is 12.3. The molecule has 5 nitrogen and oxygen atoms in total. The maximum atomic E-state index is 12.4. The molecule has 6 heteroatoms. The molecule has 0 radical (unpaired) electrons. The van der Waals surface area contributed by atoms with E-state index in [2.05, 4.69) is 21.0 Å². The fourth-order valence-electron chi connectivity index (χ4n) is 2.06. The lowest BCUT2D eigenvalue weighted by molar-refractivity contribution is -0.0101. The van der Waals surface area contributed by atoms with Crippen molar-refractivity contribution in [2.24, 2.45) is 7.05 Å². The maximum absolute atomic E-state index is 12.4. The first-order chi connectivity index (χ1) is 8.65. The molecular weight excluding hydrogens is 298 g/mol. The number of nitrogens with zero attached hydrogens (tertiary/aromatic N) is 3. The van der Waals surface area contributed by atoms with Crippen LogP contribution in [0.1, 0.15) is 23.1 Å². The zero-order chi connectivity index (χ0) is 13.1. The number of carbonyl (C=O) groups excluding carboxylic acids is 1. The number of rotatable bonds is 3. The minimum Gasteiger partial charge on any atom is -0.374 e. The van der Waals surface area contributed by atoms with Crippen LogP contribution in [0.2, 0.25) is 0 Å². The van der Waals surface area contributed by atoms with Crippen LogP contribution in [0, 0.1) is 0 Å². The van der Waals surface area contributed by atoms with Gasteiger partial charge in [0.1, 0.15) is 5.69 Å². The van der Waals surface area contributed by atoms with Crippen LogP contribution in [-0.2, 0) is 18.2 Å². The fourth-order valence-corrected chi connectivity index (χ4v) is 2.45. The first kappa shape index (κ1) is 13.5. The highest BCUT2D eigenvalue weighted by Gasteiger charge is 2.26. The summed E-state index contributed by atoms with van der Waals surface area (Å²) in [7, 11) is 1.81. The van der Waals surface area contributed by atoms with Crippen molar-refractivity contribution in [3.8, 4) is 0 Å². The largest absolute Gasteiger partial charge is 0.374 e. The second-order valence-corrected chi connectivity index (χ2v) is 5.04. The highest BCUT2D eigenvalue weighted by atomic mass is 79.9. The molecule has 1 aliphatic rings. The maximum Gasteiger partial charge on any atom is 0.272 e. The first-order valence-corrected chi connectivity index (χ1v) is 7.27. The van der Waals surface area contributed by atoms with Crippen LogP contribution >= 0.6 is 15.9 Å². The van der Waals surface area contributed by atoms with Gasteiger partial charge in [-0.05, 0) is 12.5 Å². The molecular formula is C12H18BrN3O2. The van der Waals surface area contributed by atoms with Gasteiger partial charge in [-0.15, -0.1) is 0 Å². The van der Waals surface area contributed by atoms with E-state index >= 15 is 0 Å². The van der Waals surface area contributed by atoms with Crippen LogP contribution in [0.25, 0.3) is 0 Å². The molecule has 0 spiro atoms. The molecule has 2 heterocycles. The number of aromatic nitrogens is 2. The van der Waals surface area contributed by atoms with Crippen molar-refractivity contribution in [2.45, 2.75) is 19.4 Å². The third-order valence-electron chi connectivity index (χ3n) is 3.11. The van der Waals surface area contributed by atoms with Gasteiger partial charge in [-0.1, -0.05) is 22.9 Å². The molecule has 100 valence electrons. The second-order valence-electron chi connectivity index (χ2n) is 4.40. The average molecular weight is 316 g/mol. The van der Waals surface area contributed by atoms with Crippen molar-refractivity contribution in [3.05, 3.63) is 17.5 Å². The van der Waals surface area contributed by atoms with Gasteiger partial charge in [0.05, 0.1) is 18.4 Å². The smallest absolute Gasteiger partial charge is 0.272 e. The molecule has 1 aromatic rings. The zero-order valence-electron chi connectivity index (χ0n) is 10.7. The summed E-state index contributed by atoms with van der Waals surface area (Å²) < 4.78 is 7.20. The van der Waals surface area contributed by atoms with Gasteiger partial charge in [-0.3, -0.25) is 9.48 Å². The van der Waals surface area contributed by atoms with E-state index < -0.39 is 0 Å². The molecule has 1 unspecified atom stereocenters. The Labute approximate surface area is 115 Å². The van der Waals surface area contributed by atoms with Crippen molar-refractivity contribution in [2.75, 3.05) is 25.0 Å². The molecule has 18 heavy (non-hydrogen) atoms. The highest BCUT2D eigenvalue weighted by Crippen LogP contribution is 2.13. The predicted octanol–water partition coefficient (Wildman–Crippen LogP) is 1.22. The standard InChI is InChI=1S/C12H18BrN3O2/c1-3-9-6-11(15(2)14-9)12(17)16-4-5-18-10(7-13)8-16/h6,10H,3-5,7-8H2,1-2H3. The summed E-state index contributed by atoms with van der Waals surface area (Å²) in [5.74, 6) is 0.0407. The van der Waals surface area contributed by atoms with Gasteiger partial charge >= 0.3 is 0 Å². The van der Waals surface area contributed by atoms with Crippen molar-refractivity contribution < 1.29 is 9.53 Å². The number of hydrogen-bond acceptors (Lipinski definition) is 3. The molecule has 0 bridgehead atoms. The Morgan fingerprint density at radius 1 is 1.67 bits per heavy atom. The van der Waals surface area contributed by atoms with Gasteiger partial charge in [0, 0.05) is 25.5 Å². The number of aryl methyl sites for hydroxylation is 2. The predicted molar refractivity (Wildman–Crippen MR) is 72.0 cm³/mol. The van der Waals surface area contributed by atoms with Crippen LogP contribution in [0.4, 0.5) is 0 Å². The summed E-state index contributed by atoms with van der Waals surface area (Å²) in [6.45, 7) is 3.92. The second kappa shape index (κ2) is 5.84. The number of amides is 1. The Balaban J connectivity index is 2.12. The molecule has 0 aliphatic carbocycles. The van der Waals surface area contributed by atoms with Gasteiger partial charge in [0.2, 0.25) is 0 Å². The minimum absolute atomic E-state index is 0.0407. The molecule has 0 aromatic carbocycles. The molecule has 1 atom stereocenters. The number of alkyl halides is 1. The van der Waals surface area contributed by atoms with E-state index in [1.54, 1.807) is 4.68 Å².